The van der Waals surface area contributed by atoms with Gasteiger partial charge in [-0.2, -0.15) is 0 Å². The van der Waals surface area contributed by atoms with Crippen LogP contribution in [-0.2, 0) is 4.79 Å². The Kier molecular flexibility index (Phi) is 4.97. The largest absolute Gasteiger partial charge is 0.326 e. The molecule has 1 fully saturated rings. The van der Waals surface area contributed by atoms with Crippen LogP contribution in [0, 0.1) is 13.8 Å². The summed E-state index contributed by atoms with van der Waals surface area (Å²) in [4.78, 5) is 14.3. The lowest BCUT2D eigenvalue weighted by Gasteiger charge is -2.25. The van der Waals surface area contributed by atoms with Crippen molar-refractivity contribution in [2.75, 3.05) is 25.0 Å². The van der Waals surface area contributed by atoms with E-state index >= 15 is 0 Å². The Morgan fingerprint density at radius 2 is 1.74 bits per heavy atom. The molecule has 3 heteroatoms. The van der Waals surface area contributed by atoms with Crippen molar-refractivity contribution in [3.05, 3.63) is 29.3 Å². The van der Waals surface area contributed by atoms with E-state index in [0.29, 0.717) is 6.42 Å². The molecule has 104 valence electrons. The minimum absolute atomic E-state index is 0.121. The Morgan fingerprint density at radius 3 is 2.37 bits per heavy atom. The van der Waals surface area contributed by atoms with E-state index in [2.05, 4.69) is 30.1 Å². The number of rotatable bonds is 4. The molecule has 0 saturated carbocycles. The van der Waals surface area contributed by atoms with Crippen LogP contribution < -0.4 is 5.32 Å². The van der Waals surface area contributed by atoms with Crippen molar-refractivity contribution in [3.8, 4) is 0 Å². The van der Waals surface area contributed by atoms with E-state index in [9.17, 15) is 4.79 Å². The smallest absolute Gasteiger partial charge is 0.225 e. The van der Waals surface area contributed by atoms with E-state index in [0.717, 1.165) is 25.3 Å². The Hall–Kier alpha value is -1.35. The summed E-state index contributed by atoms with van der Waals surface area (Å²) in [5, 5.41) is 3.00. The maximum Gasteiger partial charge on any atom is 0.225 e. The van der Waals surface area contributed by atoms with Gasteiger partial charge in [-0.1, -0.05) is 12.5 Å². The van der Waals surface area contributed by atoms with E-state index in [4.69, 9.17) is 0 Å². The first-order valence-electron chi connectivity index (χ1n) is 7.24. The third-order valence-corrected chi connectivity index (χ3v) is 3.61. The lowest BCUT2D eigenvalue weighted by Crippen LogP contribution is -2.32. The number of amides is 1. The van der Waals surface area contributed by atoms with Gasteiger partial charge in [0.05, 0.1) is 0 Å². The molecular formula is C16H24N2O. The number of nitrogens with zero attached hydrogens (tertiary/aromatic N) is 1. The maximum absolute atomic E-state index is 11.9. The van der Waals surface area contributed by atoms with Crippen LogP contribution in [0.3, 0.4) is 0 Å². The zero-order valence-electron chi connectivity index (χ0n) is 12.0. The van der Waals surface area contributed by atoms with Gasteiger partial charge in [-0.15, -0.1) is 0 Å². The molecule has 0 unspecified atom stereocenters. The van der Waals surface area contributed by atoms with Crippen molar-refractivity contribution in [1.82, 2.24) is 4.90 Å². The number of anilines is 1. The topological polar surface area (TPSA) is 32.3 Å². The Labute approximate surface area is 116 Å². The number of likely N-dealkylation sites (tertiary alicyclic amines) is 1. The molecule has 19 heavy (non-hydrogen) atoms. The predicted octanol–water partition coefficient (Wildman–Crippen LogP) is 3.12. The zero-order chi connectivity index (χ0) is 13.7. The van der Waals surface area contributed by atoms with E-state index in [1.165, 1.54) is 30.4 Å². The van der Waals surface area contributed by atoms with Crippen LogP contribution in [0.4, 0.5) is 5.69 Å². The summed E-state index contributed by atoms with van der Waals surface area (Å²) in [5.74, 6) is 0.121. The standard InChI is InChI=1S/C16H24N2O/c1-13-10-14(2)12-15(11-13)17-16(19)6-9-18-7-4-3-5-8-18/h10-12H,3-9H2,1-2H3,(H,17,19). The highest BCUT2D eigenvalue weighted by Crippen LogP contribution is 2.14. The Morgan fingerprint density at radius 1 is 1.11 bits per heavy atom. The van der Waals surface area contributed by atoms with E-state index < -0.39 is 0 Å². The average molecular weight is 260 g/mol. The molecule has 1 saturated heterocycles. The average Bonchev–Trinajstić information content (AvgIpc) is 2.36. The van der Waals surface area contributed by atoms with Crippen molar-refractivity contribution < 1.29 is 4.79 Å². The van der Waals surface area contributed by atoms with E-state index in [-0.39, 0.29) is 5.91 Å². The van der Waals surface area contributed by atoms with Crippen LogP contribution in [0.1, 0.15) is 36.8 Å². The van der Waals surface area contributed by atoms with Gasteiger partial charge in [0, 0.05) is 18.7 Å². The molecule has 1 heterocycles. The Bertz CT molecular complexity index is 416. The first kappa shape index (κ1) is 14.1. The lowest BCUT2D eigenvalue weighted by atomic mass is 10.1. The number of nitrogens with one attached hydrogen (secondary N) is 1. The number of hydrogen-bond acceptors (Lipinski definition) is 2. The molecule has 0 spiro atoms. The SMILES string of the molecule is Cc1cc(C)cc(NC(=O)CCN2CCCCC2)c1. The minimum Gasteiger partial charge on any atom is -0.326 e. The fourth-order valence-electron chi connectivity index (χ4n) is 2.71. The molecule has 1 aromatic carbocycles. The molecule has 1 aliphatic rings. The monoisotopic (exact) mass is 260 g/mol. The summed E-state index contributed by atoms with van der Waals surface area (Å²) >= 11 is 0. The number of aryl methyl sites for hydroxylation is 2. The molecule has 1 N–H and O–H groups in total. The fourth-order valence-corrected chi connectivity index (χ4v) is 2.71. The van der Waals surface area contributed by atoms with Crippen LogP contribution in [0.15, 0.2) is 18.2 Å². The highest BCUT2D eigenvalue weighted by Gasteiger charge is 2.11. The van der Waals surface area contributed by atoms with Gasteiger partial charge in [0.25, 0.3) is 0 Å². The first-order chi connectivity index (χ1) is 9.13. The third kappa shape index (κ3) is 4.67. The molecule has 0 radical (unpaired) electrons. The van der Waals surface area contributed by atoms with Crippen molar-refractivity contribution in [1.29, 1.82) is 0 Å². The number of carbonyl (C=O) groups excluding carboxylic acids is 1. The van der Waals surface area contributed by atoms with Gasteiger partial charge in [-0.25, -0.2) is 0 Å². The van der Waals surface area contributed by atoms with Gasteiger partial charge in [-0.3, -0.25) is 4.79 Å². The quantitative estimate of drug-likeness (QED) is 0.902. The van der Waals surface area contributed by atoms with Gasteiger partial charge in [-0.05, 0) is 63.0 Å². The first-order valence-corrected chi connectivity index (χ1v) is 7.24. The van der Waals surface area contributed by atoms with Crippen LogP contribution in [0.5, 0.6) is 0 Å². The molecule has 1 aliphatic heterocycles. The molecule has 3 nitrogen and oxygen atoms in total. The molecule has 1 aromatic rings. The highest BCUT2D eigenvalue weighted by molar-refractivity contribution is 5.91. The summed E-state index contributed by atoms with van der Waals surface area (Å²) < 4.78 is 0. The van der Waals surface area contributed by atoms with Gasteiger partial charge in [0.1, 0.15) is 0 Å². The number of piperidine rings is 1. The number of hydrogen-bond donors (Lipinski definition) is 1. The Balaban J connectivity index is 1.80. The summed E-state index contributed by atoms with van der Waals surface area (Å²) in [6.45, 7) is 7.29. The second kappa shape index (κ2) is 6.71. The summed E-state index contributed by atoms with van der Waals surface area (Å²) in [5.41, 5.74) is 3.29. The predicted molar refractivity (Wildman–Crippen MR) is 79.5 cm³/mol. The van der Waals surface area contributed by atoms with Crippen LogP contribution >= 0.6 is 0 Å². The lowest BCUT2D eigenvalue weighted by molar-refractivity contribution is -0.116. The van der Waals surface area contributed by atoms with E-state index in [1.54, 1.807) is 0 Å². The molecule has 0 aliphatic carbocycles. The van der Waals surface area contributed by atoms with Gasteiger partial charge in [0.15, 0.2) is 0 Å². The van der Waals surface area contributed by atoms with Crippen molar-refractivity contribution in [2.24, 2.45) is 0 Å². The second-order valence-corrected chi connectivity index (χ2v) is 5.58. The summed E-state index contributed by atoms with van der Waals surface area (Å²) in [6, 6.07) is 6.15. The molecule has 0 atom stereocenters. The molecule has 0 aromatic heterocycles. The van der Waals surface area contributed by atoms with Gasteiger partial charge in [0.2, 0.25) is 5.91 Å². The summed E-state index contributed by atoms with van der Waals surface area (Å²) in [6.07, 6.45) is 4.48. The van der Waals surface area contributed by atoms with Crippen LogP contribution in [0.2, 0.25) is 0 Å². The molecule has 0 bridgehead atoms. The van der Waals surface area contributed by atoms with Gasteiger partial charge < -0.3 is 10.2 Å². The van der Waals surface area contributed by atoms with Crippen LogP contribution in [0.25, 0.3) is 0 Å². The molecular weight excluding hydrogens is 236 g/mol. The minimum atomic E-state index is 0.121. The second-order valence-electron chi connectivity index (χ2n) is 5.58. The molecule has 1 amide bonds. The summed E-state index contributed by atoms with van der Waals surface area (Å²) in [7, 11) is 0. The normalized spacial score (nSPS) is 16.3. The van der Waals surface area contributed by atoms with Crippen molar-refractivity contribution in [3.63, 3.8) is 0 Å². The zero-order valence-corrected chi connectivity index (χ0v) is 12.0. The van der Waals surface area contributed by atoms with E-state index in [1.807, 2.05) is 12.1 Å². The number of carbonyl (C=O) groups is 1. The fraction of sp³-hybridized carbons (Fsp3) is 0.562. The highest BCUT2D eigenvalue weighted by atomic mass is 16.1. The van der Waals surface area contributed by atoms with Gasteiger partial charge >= 0.3 is 0 Å². The number of benzene rings is 1. The molecule has 2 rings (SSSR count). The van der Waals surface area contributed by atoms with Crippen LogP contribution in [-0.4, -0.2) is 30.4 Å². The van der Waals surface area contributed by atoms with Crippen molar-refractivity contribution >= 4 is 11.6 Å². The van der Waals surface area contributed by atoms with Crippen molar-refractivity contribution in [2.45, 2.75) is 39.5 Å². The maximum atomic E-state index is 11.9. The third-order valence-electron chi connectivity index (χ3n) is 3.61.